The van der Waals surface area contributed by atoms with Crippen LogP contribution in [0.25, 0.3) is 11.1 Å². The standard InChI is InChI=1S/C11H11NO4/c13-6-2-5-9-12-10-7(11(14)15)3-1-4-8(10)16-9/h1,3-4,13H,2,5-6H2,(H,14,15). The van der Waals surface area contributed by atoms with Crippen LogP contribution in [0.3, 0.4) is 0 Å². The summed E-state index contributed by atoms with van der Waals surface area (Å²) in [5.41, 5.74) is 0.965. The zero-order chi connectivity index (χ0) is 11.5. The predicted molar refractivity (Wildman–Crippen MR) is 56.4 cm³/mol. The average Bonchev–Trinajstić information content (AvgIpc) is 2.68. The number of oxazole rings is 1. The molecule has 0 fully saturated rings. The van der Waals surface area contributed by atoms with Crippen LogP contribution in [-0.2, 0) is 6.42 Å². The zero-order valence-corrected chi connectivity index (χ0v) is 8.51. The van der Waals surface area contributed by atoms with Gasteiger partial charge in [0.2, 0.25) is 0 Å². The molecule has 2 N–H and O–H groups in total. The number of carboxylic acids is 1. The molecular weight excluding hydrogens is 210 g/mol. The second kappa shape index (κ2) is 4.32. The monoisotopic (exact) mass is 221 g/mol. The number of aryl methyl sites for hydroxylation is 1. The van der Waals surface area contributed by atoms with E-state index in [1.807, 2.05) is 0 Å². The summed E-state index contributed by atoms with van der Waals surface area (Å²) >= 11 is 0. The fourth-order valence-corrected chi connectivity index (χ4v) is 1.50. The van der Waals surface area contributed by atoms with Gasteiger partial charge < -0.3 is 14.6 Å². The fraction of sp³-hybridized carbons (Fsp3) is 0.273. The Bertz CT molecular complexity index is 518. The van der Waals surface area contributed by atoms with Gasteiger partial charge in [0.05, 0.1) is 5.56 Å². The highest BCUT2D eigenvalue weighted by Gasteiger charge is 2.13. The van der Waals surface area contributed by atoms with E-state index in [0.29, 0.717) is 29.8 Å². The van der Waals surface area contributed by atoms with Crippen molar-refractivity contribution in [1.82, 2.24) is 4.98 Å². The molecule has 2 rings (SSSR count). The molecule has 1 aromatic heterocycles. The molecule has 0 saturated carbocycles. The van der Waals surface area contributed by atoms with Crippen LogP contribution in [0.15, 0.2) is 22.6 Å². The van der Waals surface area contributed by atoms with E-state index in [0.717, 1.165) is 0 Å². The smallest absolute Gasteiger partial charge is 0.338 e. The lowest BCUT2D eigenvalue weighted by molar-refractivity contribution is 0.0699. The number of carbonyl (C=O) groups is 1. The van der Waals surface area contributed by atoms with Crippen LogP contribution in [-0.4, -0.2) is 27.8 Å². The third-order valence-corrected chi connectivity index (χ3v) is 2.24. The number of para-hydroxylation sites is 1. The topological polar surface area (TPSA) is 83.6 Å². The summed E-state index contributed by atoms with van der Waals surface area (Å²) < 4.78 is 5.38. The normalized spacial score (nSPS) is 10.8. The van der Waals surface area contributed by atoms with Crippen LogP contribution in [0, 0.1) is 0 Å². The minimum atomic E-state index is -1.02. The number of fused-ring (bicyclic) bond motifs is 1. The van der Waals surface area contributed by atoms with Gasteiger partial charge in [-0.15, -0.1) is 0 Å². The van der Waals surface area contributed by atoms with Crippen molar-refractivity contribution < 1.29 is 19.4 Å². The third-order valence-electron chi connectivity index (χ3n) is 2.24. The zero-order valence-electron chi connectivity index (χ0n) is 8.51. The number of aliphatic hydroxyl groups is 1. The molecule has 1 heterocycles. The summed E-state index contributed by atoms with van der Waals surface area (Å²) in [6.07, 6.45) is 1.06. The highest BCUT2D eigenvalue weighted by molar-refractivity contribution is 6.00. The SMILES string of the molecule is O=C(O)c1cccc2oc(CCCO)nc12. The van der Waals surface area contributed by atoms with Crippen LogP contribution in [0.2, 0.25) is 0 Å². The molecule has 0 saturated heterocycles. The Kier molecular flexibility index (Phi) is 2.87. The number of nitrogens with zero attached hydrogens (tertiary/aromatic N) is 1. The van der Waals surface area contributed by atoms with Crippen molar-refractivity contribution in [3.8, 4) is 0 Å². The summed E-state index contributed by atoms with van der Waals surface area (Å²) in [6, 6.07) is 4.78. The number of hydrogen-bond acceptors (Lipinski definition) is 4. The van der Waals surface area contributed by atoms with Crippen LogP contribution < -0.4 is 0 Å². The highest BCUT2D eigenvalue weighted by Crippen LogP contribution is 2.20. The van der Waals surface area contributed by atoms with E-state index in [-0.39, 0.29) is 12.2 Å². The second-order valence-corrected chi connectivity index (χ2v) is 3.39. The largest absolute Gasteiger partial charge is 0.478 e. The van der Waals surface area contributed by atoms with Gasteiger partial charge in [0, 0.05) is 13.0 Å². The Morgan fingerprint density at radius 2 is 2.25 bits per heavy atom. The quantitative estimate of drug-likeness (QED) is 0.816. The Labute approximate surface area is 91.3 Å². The van der Waals surface area contributed by atoms with Crippen LogP contribution >= 0.6 is 0 Å². The number of aliphatic hydroxyl groups excluding tert-OH is 1. The molecule has 0 aliphatic rings. The molecule has 0 bridgehead atoms. The molecule has 0 amide bonds. The van der Waals surface area contributed by atoms with Gasteiger partial charge in [0.15, 0.2) is 11.5 Å². The minimum absolute atomic E-state index is 0.0600. The number of rotatable bonds is 4. The Balaban J connectivity index is 2.44. The van der Waals surface area contributed by atoms with Gasteiger partial charge in [-0.05, 0) is 18.6 Å². The van der Waals surface area contributed by atoms with E-state index in [9.17, 15) is 4.79 Å². The van der Waals surface area contributed by atoms with Crippen molar-refractivity contribution in [2.45, 2.75) is 12.8 Å². The number of carboxylic acid groups (broad SMARTS) is 1. The second-order valence-electron chi connectivity index (χ2n) is 3.39. The Hall–Kier alpha value is -1.88. The van der Waals surface area contributed by atoms with E-state index in [1.165, 1.54) is 6.07 Å². The lowest BCUT2D eigenvalue weighted by Gasteiger charge is -1.92. The summed E-state index contributed by atoms with van der Waals surface area (Å²) in [4.78, 5) is 15.0. The van der Waals surface area contributed by atoms with E-state index < -0.39 is 5.97 Å². The van der Waals surface area contributed by atoms with Gasteiger partial charge in [-0.3, -0.25) is 0 Å². The summed E-state index contributed by atoms with van der Waals surface area (Å²) in [5.74, 6) is -0.564. The third kappa shape index (κ3) is 1.90. The maximum absolute atomic E-state index is 10.9. The number of benzene rings is 1. The minimum Gasteiger partial charge on any atom is -0.478 e. The van der Waals surface area contributed by atoms with Gasteiger partial charge in [0.25, 0.3) is 0 Å². The van der Waals surface area contributed by atoms with Gasteiger partial charge in [0.1, 0.15) is 5.52 Å². The van der Waals surface area contributed by atoms with Crippen LogP contribution in [0.1, 0.15) is 22.7 Å². The van der Waals surface area contributed by atoms with Crippen molar-refractivity contribution in [2.24, 2.45) is 0 Å². The number of aromatic carboxylic acids is 1. The molecule has 0 radical (unpaired) electrons. The first-order chi connectivity index (χ1) is 7.72. The van der Waals surface area contributed by atoms with Crippen molar-refractivity contribution in [1.29, 1.82) is 0 Å². The molecule has 0 spiro atoms. The summed E-state index contributed by atoms with van der Waals surface area (Å²) in [5, 5.41) is 17.6. The molecule has 2 aromatic rings. The van der Waals surface area contributed by atoms with Crippen LogP contribution in [0.5, 0.6) is 0 Å². The molecule has 0 unspecified atom stereocenters. The molecule has 0 atom stereocenters. The van der Waals surface area contributed by atoms with Gasteiger partial charge in [-0.25, -0.2) is 9.78 Å². The number of aromatic nitrogens is 1. The Morgan fingerprint density at radius 3 is 2.94 bits per heavy atom. The predicted octanol–water partition coefficient (Wildman–Crippen LogP) is 1.45. The van der Waals surface area contributed by atoms with Crippen LogP contribution in [0.4, 0.5) is 0 Å². The molecule has 5 heteroatoms. The fourth-order valence-electron chi connectivity index (χ4n) is 1.50. The van der Waals surface area contributed by atoms with Gasteiger partial charge >= 0.3 is 5.97 Å². The molecule has 1 aromatic carbocycles. The van der Waals surface area contributed by atoms with E-state index in [1.54, 1.807) is 12.1 Å². The highest BCUT2D eigenvalue weighted by atomic mass is 16.4. The first-order valence-corrected chi connectivity index (χ1v) is 4.95. The molecule has 5 nitrogen and oxygen atoms in total. The molecule has 0 aliphatic carbocycles. The van der Waals surface area contributed by atoms with Gasteiger partial charge in [-0.1, -0.05) is 6.07 Å². The van der Waals surface area contributed by atoms with Crippen molar-refractivity contribution in [3.63, 3.8) is 0 Å². The van der Waals surface area contributed by atoms with E-state index in [4.69, 9.17) is 14.6 Å². The Morgan fingerprint density at radius 1 is 1.44 bits per heavy atom. The lowest BCUT2D eigenvalue weighted by atomic mass is 10.2. The van der Waals surface area contributed by atoms with E-state index in [2.05, 4.69) is 4.98 Å². The summed E-state index contributed by atoms with van der Waals surface area (Å²) in [7, 11) is 0. The number of hydrogen-bond donors (Lipinski definition) is 2. The lowest BCUT2D eigenvalue weighted by Crippen LogP contribution is -1.97. The average molecular weight is 221 g/mol. The van der Waals surface area contributed by atoms with Crippen molar-refractivity contribution >= 4 is 17.1 Å². The van der Waals surface area contributed by atoms with E-state index >= 15 is 0 Å². The first kappa shape index (κ1) is 10.6. The molecule has 16 heavy (non-hydrogen) atoms. The van der Waals surface area contributed by atoms with Crippen molar-refractivity contribution in [3.05, 3.63) is 29.7 Å². The summed E-state index contributed by atoms with van der Waals surface area (Å²) in [6.45, 7) is 0.0600. The van der Waals surface area contributed by atoms with Gasteiger partial charge in [-0.2, -0.15) is 0 Å². The first-order valence-electron chi connectivity index (χ1n) is 4.95. The molecule has 84 valence electrons. The maximum Gasteiger partial charge on any atom is 0.338 e. The maximum atomic E-state index is 10.9. The molecule has 0 aliphatic heterocycles. The van der Waals surface area contributed by atoms with Crippen molar-refractivity contribution in [2.75, 3.05) is 6.61 Å². The molecular formula is C11H11NO4.